The number of hydrogen-bond acceptors (Lipinski definition) is 0. The molecule has 0 amide bonds. The minimum Gasteiger partial charge on any atom is -0.0675 e. The van der Waals surface area contributed by atoms with E-state index < -0.39 is 0 Å². The molecule has 0 saturated carbocycles. The normalized spacial score (nSPS) is 23.0. The summed E-state index contributed by atoms with van der Waals surface area (Å²) >= 11 is 0. The zero-order valence-corrected chi connectivity index (χ0v) is 6.15. The van der Waals surface area contributed by atoms with Crippen LogP contribution in [-0.2, 0) is 0 Å². The van der Waals surface area contributed by atoms with E-state index in [1.54, 1.807) is 0 Å². The Morgan fingerprint density at radius 2 is 2.33 bits per heavy atom. The van der Waals surface area contributed by atoms with Gasteiger partial charge in [0.15, 0.2) is 0 Å². The van der Waals surface area contributed by atoms with E-state index in [4.69, 9.17) is 0 Å². The van der Waals surface area contributed by atoms with Crippen molar-refractivity contribution in [2.45, 2.75) is 6.92 Å². The summed E-state index contributed by atoms with van der Waals surface area (Å²) in [6.45, 7) is 2.17. The molecule has 1 heterocycles. The van der Waals surface area contributed by atoms with Crippen LogP contribution in [0.1, 0.15) is 6.92 Å². The van der Waals surface area contributed by atoms with E-state index in [1.165, 1.54) is 24.6 Å². The van der Waals surface area contributed by atoms with Crippen molar-refractivity contribution in [3.63, 3.8) is 0 Å². The third kappa shape index (κ3) is 0.635. The number of allylic oxidation sites excluding steroid dienone is 5. The van der Waals surface area contributed by atoms with Crippen molar-refractivity contribution in [2.75, 3.05) is 0 Å². The van der Waals surface area contributed by atoms with E-state index in [9.17, 15) is 0 Å². The Labute approximate surface area is 56.4 Å². The van der Waals surface area contributed by atoms with Gasteiger partial charge in [0.2, 0.25) is 0 Å². The summed E-state index contributed by atoms with van der Waals surface area (Å²) in [5.41, 5.74) is 2.87. The molecule has 0 spiro atoms. The van der Waals surface area contributed by atoms with Gasteiger partial charge in [0.05, 0.1) is 0 Å². The second-order valence-electron chi connectivity index (χ2n) is 2.27. The Hall–Kier alpha value is -0.610. The van der Waals surface area contributed by atoms with E-state index in [0.29, 0.717) is 0 Å². The Morgan fingerprint density at radius 1 is 1.44 bits per heavy atom. The van der Waals surface area contributed by atoms with E-state index in [-0.39, 0.29) is 0 Å². The first-order valence-corrected chi connectivity index (χ1v) is 3.98. The van der Waals surface area contributed by atoms with Gasteiger partial charge in [0.25, 0.3) is 0 Å². The monoisotopic (exact) mass is 134 g/mol. The zero-order valence-electron chi connectivity index (χ0n) is 5.26. The molecule has 0 fully saturated rings. The van der Waals surface area contributed by atoms with Crippen LogP contribution >= 0.6 is 8.20 Å². The van der Waals surface area contributed by atoms with Crippen molar-refractivity contribution in [1.82, 2.24) is 0 Å². The van der Waals surface area contributed by atoms with Crippen molar-refractivity contribution >= 4 is 13.5 Å². The lowest BCUT2D eigenvalue weighted by molar-refractivity contribution is 1.51. The summed E-state index contributed by atoms with van der Waals surface area (Å²) in [6.07, 6.45) is 6.49. The van der Waals surface area contributed by atoms with Crippen LogP contribution in [0.4, 0.5) is 0 Å². The van der Waals surface area contributed by atoms with Gasteiger partial charge in [0, 0.05) is 5.29 Å². The van der Waals surface area contributed by atoms with Gasteiger partial charge in [0.1, 0.15) is 0 Å². The van der Waals surface area contributed by atoms with Crippen molar-refractivity contribution in [3.05, 3.63) is 35.2 Å². The molecular formula is C8H7P. The molecule has 2 rings (SSSR count). The third-order valence-electron chi connectivity index (χ3n) is 1.62. The molecule has 0 aromatic rings. The molecule has 1 aliphatic heterocycles. The molecular weight excluding hydrogens is 127 g/mol. The Morgan fingerprint density at radius 3 is 3.11 bits per heavy atom. The lowest BCUT2D eigenvalue weighted by Gasteiger charge is -1.93. The fraction of sp³-hybridized carbons (Fsp3) is 0.125. The summed E-state index contributed by atoms with van der Waals surface area (Å²) in [7, 11) is 1.37. The van der Waals surface area contributed by atoms with Crippen LogP contribution in [0.3, 0.4) is 0 Å². The maximum Gasteiger partial charge on any atom is 0.00930 e. The number of hydrogen-bond donors (Lipinski definition) is 0. The predicted octanol–water partition coefficient (Wildman–Crippen LogP) is 2.52. The fourth-order valence-electron chi connectivity index (χ4n) is 1.09. The van der Waals surface area contributed by atoms with E-state index in [0.717, 1.165) is 0 Å². The van der Waals surface area contributed by atoms with Crippen molar-refractivity contribution in [3.8, 4) is 0 Å². The highest BCUT2D eigenvalue weighted by molar-refractivity contribution is 7.46. The van der Waals surface area contributed by atoms with E-state index in [1.807, 2.05) is 0 Å². The third-order valence-corrected chi connectivity index (χ3v) is 2.80. The maximum atomic E-state index is 2.25. The van der Waals surface area contributed by atoms with Crippen LogP contribution in [0.2, 0.25) is 0 Å². The Bertz CT molecular complexity index is 264. The zero-order chi connectivity index (χ0) is 6.27. The molecule has 0 bridgehead atoms. The topological polar surface area (TPSA) is 0 Å². The summed E-state index contributed by atoms with van der Waals surface area (Å²) < 4.78 is 0. The van der Waals surface area contributed by atoms with Gasteiger partial charge in [-0.3, -0.25) is 0 Å². The molecule has 0 aromatic heterocycles. The lowest BCUT2D eigenvalue weighted by atomic mass is 10.1. The van der Waals surface area contributed by atoms with Crippen LogP contribution in [0.25, 0.3) is 0 Å². The maximum absolute atomic E-state index is 2.25. The smallest absolute Gasteiger partial charge is 0.00930 e. The highest BCUT2D eigenvalue weighted by Crippen LogP contribution is 2.30. The van der Waals surface area contributed by atoms with Gasteiger partial charge in [-0.2, -0.15) is 0 Å². The summed E-state index contributed by atoms with van der Waals surface area (Å²) in [5, 5.41) is 1.47. The SMILES string of the molecule is CC1=CP=C2C=CC=C12. The minimum atomic E-state index is 1.37. The largest absolute Gasteiger partial charge is 0.0675 e. The predicted molar refractivity (Wildman–Crippen MR) is 42.9 cm³/mol. The van der Waals surface area contributed by atoms with Gasteiger partial charge < -0.3 is 0 Å². The van der Waals surface area contributed by atoms with E-state index >= 15 is 0 Å². The molecule has 44 valence electrons. The fourth-order valence-corrected chi connectivity index (χ4v) is 2.13. The molecule has 0 unspecified atom stereocenters. The van der Waals surface area contributed by atoms with Crippen LogP contribution in [0, 0.1) is 0 Å². The quantitative estimate of drug-likeness (QED) is 0.446. The Balaban J connectivity index is 2.53. The molecule has 0 radical (unpaired) electrons. The number of fused-ring (bicyclic) bond motifs is 1. The Kier molecular flexibility index (Phi) is 0.972. The van der Waals surface area contributed by atoms with Crippen LogP contribution in [0.5, 0.6) is 0 Å². The summed E-state index contributed by atoms with van der Waals surface area (Å²) in [4.78, 5) is 0. The van der Waals surface area contributed by atoms with Crippen LogP contribution in [-0.4, -0.2) is 5.29 Å². The molecule has 1 heteroatoms. The average Bonchev–Trinajstić information content (AvgIpc) is 2.35. The van der Waals surface area contributed by atoms with Gasteiger partial charge in [-0.05, 0) is 30.0 Å². The molecule has 0 N–H and O–H groups in total. The van der Waals surface area contributed by atoms with Crippen LogP contribution in [0.15, 0.2) is 35.2 Å². The van der Waals surface area contributed by atoms with Gasteiger partial charge in [-0.1, -0.05) is 20.4 Å². The van der Waals surface area contributed by atoms with Crippen molar-refractivity contribution in [2.24, 2.45) is 0 Å². The first-order chi connectivity index (χ1) is 4.38. The standard InChI is InChI=1S/C8H7P/c1-6-5-9-8-4-2-3-7(6)8/h2-5H,1H3. The second-order valence-corrected chi connectivity index (χ2v) is 3.26. The highest BCUT2D eigenvalue weighted by atomic mass is 31.1. The summed E-state index contributed by atoms with van der Waals surface area (Å²) in [6, 6.07) is 0. The first kappa shape index (κ1) is 5.20. The molecule has 0 atom stereocenters. The number of rotatable bonds is 0. The van der Waals surface area contributed by atoms with Crippen molar-refractivity contribution in [1.29, 1.82) is 0 Å². The van der Waals surface area contributed by atoms with Gasteiger partial charge in [-0.15, -0.1) is 0 Å². The summed E-state index contributed by atoms with van der Waals surface area (Å²) in [5.74, 6) is 2.25. The van der Waals surface area contributed by atoms with Gasteiger partial charge in [-0.25, -0.2) is 0 Å². The van der Waals surface area contributed by atoms with E-state index in [2.05, 4.69) is 31.0 Å². The molecule has 2 aliphatic rings. The van der Waals surface area contributed by atoms with Gasteiger partial charge >= 0.3 is 0 Å². The average molecular weight is 134 g/mol. The second kappa shape index (κ2) is 1.68. The molecule has 0 aromatic carbocycles. The van der Waals surface area contributed by atoms with Crippen LogP contribution < -0.4 is 0 Å². The highest BCUT2D eigenvalue weighted by Gasteiger charge is 2.11. The molecule has 9 heavy (non-hydrogen) atoms. The first-order valence-electron chi connectivity index (χ1n) is 3.01. The minimum absolute atomic E-state index is 1.37. The molecule has 0 saturated heterocycles. The lowest BCUT2D eigenvalue weighted by Crippen LogP contribution is -1.87. The van der Waals surface area contributed by atoms with Crippen molar-refractivity contribution < 1.29 is 0 Å². The molecule has 1 aliphatic carbocycles. The molecule has 0 nitrogen and oxygen atoms in total.